The van der Waals surface area contributed by atoms with Gasteiger partial charge in [-0.1, -0.05) is 12.0 Å². The molecule has 0 radical (unpaired) electrons. The van der Waals surface area contributed by atoms with Gasteiger partial charge < -0.3 is 0 Å². The highest BCUT2D eigenvalue weighted by molar-refractivity contribution is 5.02. The van der Waals surface area contributed by atoms with Crippen molar-refractivity contribution >= 4 is 0 Å². The first kappa shape index (κ1) is 6.68. The van der Waals surface area contributed by atoms with Crippen LogP contribution in [0.5, 0.6) is 0 Å². The van der Waals surface area contributed by atoms with E-state index in [0.29, 0.717) is 6.54 Å². The van der Waals surface area contributed by atoms with Gasteiger partial charge in [-0.15, -0.1) is 5.10 Å². The van der Waals surface area contributed by atoms with E-state index in [4.69, 9.17) is 5.26 Å². The molecule has 1 aromatic rings. The Morgan fingerprint density at radius 1 is 1.70 bits per heavy atom. The molecule has 5 heteroatoms. The topological polar surface area (TPSA) is 67.4 Å². The molecule has 0 fully saturated rings. The average molecular weight is 137 g/mol. The highest BCUT2D eigenvalue weighted by Gasteiger charge is 1.97. The second-order valence-electron chi connectivity index (χ2n) is 1.82. The molecule has 0 N–H and O–H groups in total. The third kappa shape index (κ3) is 1.29. The molecule has 0 aliphatic heterocycles. The van der Waals surface area contributed by atoms with Crippen LogP contribution in [-0.4, -0.2) is 20.2 Å². The molecule has 5 nitrogen and oxygen atoms in total. The molecule has 52 valence electrons. The lowest BCUT2D eigenvalue weighted by atomic mass is 10.5. The molecule has 0 saturated carbocycles. The van der Waals surface area contributed by atoms with Crippen LogP contribution in [0.4, 0.5) is 0 Å². The predicted octanol–water partition coefficient (Wildman–Crippen LogP) is -0.0452. The minimum absolute atomic E-state index is 0.133. The Kier molecular flexibility index (Phi) is 1.95. The number of aryl methyl sites for hydroxylation is 1. The zero-order valence-electron chi connectivity index (χ0n) is 5.65. The molecule has 1 rings (SSSR count). The maximum Gasteiger partial charge on any atom is 0.273 e. The van der Waals surface area contributed by atoms with Crippen molar-refractivity contribution in [2.75, 3.05) is 0 Å². The first-order valence-electron chi connectivity index (χ1n) is 3.04. The second-order valence-corrected chi connectivity index (χ2v) is 1.82. The molecule has 0 aromatic carbocycles. The summed E-state index contributed by atoms with van der Waals surface area (Å²) in [6, 6.07) is 1.80. The van der Waals surface area contributed by atoms with Gasteiger partial charge in [-0.05, 0) is 11.6 Å². The fourth-order valence-electron chi connectivity index (χ4n) is 0.583. The van der Waals surface area contributed by atoms with E-state index >= 15 is 0 Å². The monoisotopic (exact) mass is 137 g/mol. The Morgan fingerprint density at radius 3 is 3.00 bits per heavy atom. The van der Waals surface area contributed by atoms with Gasteiger partial charge in [0.25, 0.3) is 5.82 Å². The fourth-order valence-corrected chi connectivity index (χ4v) is 0.583. The van der Waals surface area contributed by atoms with E-state index in [1.165, 1.54) is 4.80 Å². The van der Waals surface area contributed by atoms with Crippen molar-refractivity contribution in [3.05, 3.63) is 5.82 Å². The van der Waals surface area contributed by atoms with Crippen molar-refractivity contribution in [1.29, 1.82) is 5.26 Å². The molecule has 0 bridgehead atoms. The lowest BCUT2D eigenvalue weighted by Crippen LogP contribution is -2.00. The molecular weight excluding hydrogens is 130 g/mol. The van der Waals surface area contributed by atoms with Crippen LogP contribution in [0.2, 0.25) is 0 Å². The number of hydrogen-bond acceptors (Lipinski definition) is 4. The Hall–Kier alpha value is -1.44. The molecule has 0 unspecified atom stereocenters. The largest absolute Gasteiger partial charge is 0.273 e. The zero-order valence-corrected chi connectivity index (χ0v) is 5.65. The molecule has 1 heterocycles. The highest BCUT2D eigenvalue weighted by Crippen LogP contribution is 1.84. The lowest BCUT2D eigenvalue weighted by Gasteiger charge is -1.88. The first-order valence-corrected chi connectivity index (χ1v) is 3.04. The molecule has 0 aliphatic rings. The minimum atomic E-state index is 0.133. The Bertz CT molecular complexity index is 245. The molecule has 0 spiro atoms. The van der Waals surface area contributed by atoms with Crippen molar-refractivity contribution < 1.29 is 0 Å². The van der Waals surface area contributed by atoms with Crippen LogP contribution in [0, 0.1) is 11.3 Å². The number of hydrogen-bond donors (Lipinski definition) is 0. The van der Waals surface area contributed by atoms with E-state index in [1.54, 1.807) is 6.07 Å². The third-order valence-corrected chi connectivity index (χ3v) is 0.976. The van der Waals surface area contributed by atoms with Crippen LogP contribution < -0.4 is 0 Å². The van der Waals surface area contributed by atoms with Crippen LogP contribution in [0.15, 0.2) is 0 Å². The van der Waals surface area contributed by atoms with Crippen LogP contribution >= 0.6 is 0 Å². The van der Waals surface area contributed by atoms with Crippen LogP contribution in [-0.2, 0) is 6.54 Å². The number of aromatic nitrogens is 4. The van der Waals surface area contributed by atoms with E-state index in [2.05, 4.69) is 15.4 Å². The van der Waals surface area contributed by atoms with Gasteiger partial charge in [0.1, 0.15) is 6.07 Å². The van der Waals surface area contributed by atoms with E-state index in [9.17, 15) is 0 Å². The summed E-state index contributed by atoms with van der Waals surface area (Å²) < 4.78 is 0. The van der Waals surface area contributed by atoms with Gasteiger partial charge in [0, 0.05) is 0 Å². The van der Waals surface area contributed by atoms with E-state index in [1.807, 2.05) is 6.92 Å². The summed E-state index contributed by atoms with van der Waals surface area (Å²) in [6.45, 7) is 2.73. The molecule has 1 aromatic heterocycles. The molecule has 10 heavy (non-hydrogen) atoms. The predicted molar refractivity (Wildman–Crippen MR) is 32.8 cm³/mol. The summed E-state index contributed by atoms with van der Waals surface area (Å²) in [4.78, 5) is 1.42. The molecular formula is C5H7N5. The van der Waals surface area contributed by atoms with E-state index < -0.39 is 0 Å². The summed E-state index contributed by atoms with van der Waals surface area (Å²) >= 11 is 0. The summed E-state index contributed by atoms with van der Waals surface area (Å²) in [6.07, 6.45) is 0.946. The number of nitrogens with zero attached hydrogens (tertiary/aromatic N) is 5. The van der Waals surface area contributed by atoms with Crippen molar-refractivity contribution in [2.45, 2.75) is 19.9 Å². The van der Waals surface area contributed by atoms with Gasteiger partial charge in [-0.3, -0.25) is 0 Å². The summed E-state index contributed by atoms with van der Waals surface area (Å²) in [5.74, 6) is 0.133. The quantitative estimate of drug-likeness (QED) is 0.573. The van der Waals surface area contributed by atoms with Crippen LogP contribution in [0.25, 0.3) is 0 Å². The van der Waals surface area contributed by atoms with Gasteiger partial charge in [0.2, 0.25) is 0 Å². The lowest BCUT2D eigenvalue weighted by molar-refractivity contribution is 0.514. The standard InChI is InChI=1S/C5H7N5/c1-2-3-10-8-5(4-6)7-9-10/h2-3H2,1H3. The summed E-state index contributed by atoms with van der Waals surface area (Å²) in [5, 5.41) is 19.1. The Labute approximate surface area is 58.3 Å². The smallest absolute Gasteiger partial charge is 0.189 e. The van der Waals surface area contributed by atoms with E-state index in [-0.39, 0.29) is 5.82 Å². The van der Waals surface area contributed by atoms with E-state index in [0.717, 1.165) is 6.42 Å². The minimum Gasteiger partial charge on any atom is -0.189 e. The summed E-state index contributed by atoms with van der Waals surface area (Å²) in [5.41, 5.74) is 0. The van der Waals surface area contributed by atoms with Gasteiger partial charge in [-0.2, -0.15) is 10.1 Å². The SMILES string of the molecule is CCCn1nnc(C#N)n1. The number of nitriles is 1. The van der Waals surface area contributed by atoms with Gasteiger partial charge in [0.15, 0.2) is 0 Å². The normalized spacial score (nSPS) is 9.20. The average Bonchev–Trinajstić information content (AvgIpc) is 2.37. The maximum absolute atomic E-state index is 8.29. The third-order valence-electron chi connectivity index (χ3n) is 0.976. The molecule has 0 saturated heterocycles. The number of tetrazole rings is 1. The van der Waals surface area contributed by atoms with Crippen molar-refractivity contribution in [1.82, 2.24) is 20.2 Å². The summed E-state index contributed by atoms with van der Waals surface area (Å²) in [7, 11) is 0. The van der Waals surface area contributed by atoms with Crippen LogP contribution in [0.3, 0.4) is 0 Å². The molecule has 0 amide bonds. The van der Waals surface area contributed by atoms with Crippen molar-refractivity contribution in [3.8, 4) is 6.07 Å². The molecule has 0 aliphatic carbocycles. The van der Waals surface area contributed by atoms with Gasteiger partial charge >= 0.3 is 0 Å². The Balaban J connectivity index is 2.71. The van der Waals surface area contributed by atoms with Gasteiger partial charge in [0.05, 0.1) is 6.54 Å². The van der Waals surface area contributed by atoms with Gasteiger partial charge in [-0.25, -0.2) is 0 Å². The second kappa shape index (κ2) is 2.92. The van der Waals surface area contributed by atoms with Crippen LogP contribution in [0.1, 0.15) is 19.2 Å². The number of rotatable bonds is 2. The zero-order chi connectivity index (χ0) is 7.40. The first-order chi connectivity index (χ1) is 4.86. The van der Waals surface area contributed by atoms with Crippen molar-refractivity contribution in [3.63, 3.8) is 0 Å². The molecule has 0 atom stereocenters. The highest BCUT2D eigenvalue weighted by atomic mass is 15.6. The Morgan fingerprint density at radius 2 is 2.50 bits per heavy atom. The van der Waals surface area contributed by atoms with Crippen molar-refractivity contribution in [2.24, 2.45) is 0 Å². The maximum atomic E-state index is 8.29. The fraction of sp³-hybridized carbons (Fsp3) is 0.600.